The van der Waals surface area contributed by atoms with Gasteiger partial charge in [0, 0.05) is 43.2 Å². The highest BCUT2D eigenvalue weighted by molar-refractivity contribution is 5.98. The van der Waals surface area contributed by atoms with Gasteiger partial charge in [-0.2, -0.15) is 0 Å². The van der Waals surface area contributed by atoms with Crippen LogP contribution in [0.25, 0.3) is 11.0 Å². The summed E-state index contributed by atoms with van der Waals surface area (Å²) in [5, 5.41) is 1.04. The highest BCUT2D eigenvalue weighted by Gasteiger charge is 2.30. The molecular formula is C19H24N2O2. The van der Waals surface area contributed by atoms with Crippen molar-refractivity contribution in [1.29, 1.82) is 0 Å². The maximum Gasteiger partial charge on any atom is 0.289 e. The second-order valence-corrected chi connectivity index (χ2v) is 6.82. The number of para-hydroxylation sites is 1. The molecule has 1 amide bonds. The fourth-order valence-corrected chi connectivity index (χ4v) is 4.08. The molecule has 0 radical (unpaired) electrons. The Morgan fingerprint density at radius 3 is 2.48 bits per heavy atom. The van der Waals surface area contributed by atoms with Gasteiger partial charge in [-0.25, -0.2) is 0 Å². The number of nitrogens with zero attached hydrogens (tertiary/aromatic N) is 2. The molecule has 0 unspecified atom stereocenters. The Morgan fingerprint density at radius 2 is 1.78 bits per heavy atom. The first-order chi connectivity index (χ1) is 11.2. The van der Waals surface area contributed by atoms with Crippen LogP contribution in [0.3, 0.4) is 0 Å². The molecule has 122 valence electrons. The maximum absolute atomic E-state index is 12.8. The minimum Gasteiger partial charge on any atom is -0.451 e. The molecule has 0 atom stereocenters. The summed E-state index contributed by atoms with van der Waals surface area (Å²) in [6.45, 7) is 5.59. The molecule has 1 saturated heterocycles. The van der Waals surface area contributed by atoms with Gasteiger partial charge in [-0.15, -0.1) is 0 Å². The lowest BCUT2D eigenvalue weighted by Gasteiger charge is -2.37. The Morgan fingerprint density at radius 1 is 1.09 bits per heavy atom. The number of furan rings is 1. The van der Waals surface area contributed by atoms with E-state index in [0.717, 1.165) is 48.8 Å². The fourth-order valence-electron chi connectivity index (χ4n) is 4.08. The summed E-state index contributed by atoms with van der Waals surface area (Å²) < 4.78 is 5.84. The molecule has 0 bridgehead atoms. The van der Waals surface area contributed by atoms with E-state index >= 15 is 0 Å². The molecule has 2 fully saturated rings. The Labute approximate surface area is 137 Å². The summed E-state index contributed by atoms with van der Waals surface area (Å²) in [5.41, 5.74) is 1.77. The van der Waals surface area contributed by atoms with Gasteiger partial charge < -0.3 is 9.32 Å². The summed E-state index contributed by atoms with van der Waals surface area (Å²) in [7, 11) is 0. The molecule has 4 nitrogen and oxygen atoms in total. The number of benzene rings is 1. The number of hydrogen-bond acceptors (Lipinski definition) is 3. The normalized spacial score (nSPS) is 20.5. The summed E-state index contributed by atoms with van der Waals surface area (Å²) in [5.74, 6) is 0.560. The number of amides is 1. The number of fused-ring (bicyclic) bond motifs is 1. The zero-order valence-electron chi connectivity index (χ0n) is 13.8. The van der Waals surface area contributed by atoms with Crippen molar-refractivity contribution in [3.63, 3.8) is 0 Å². The Hall–Kier alpha value is -1.81. The van der Waals surface area contributed by atoms with E-state index in [1.54, 1.807) is 0 Å². The molecule has 2 heterocycles. The van der Waals surface area contributed by atoms with Crippen LogP contribution in [0.5, 0.6) is 0 Å². The van der Waals surface area contributed by atoms with E-state index in [0.29, 0.717) is 5.76 Å². The summed E-state index contributed by atoms with van der Waals surface area (Å²) >= 11 is 0. The average Bonchev–Trinajstić information content (AvgIpc) is 3.23. The Bertz CT molecular complexity index is 707. The highest BCUT2D eigenvalue weighted by Crippen LogP contribution is 2.27. The third-order valence-corrected chi connectivity index (χ3v) is 5.48. The molecule has 1 aliphatic carbocycles. The average molecular weight is 312 g/mol. The summed E-state index contributed by atoms with van der Waals surface area (Å²) in [4.78, 5) is 17.4. The van der Waals surface area contributed by atoms with E-state index in [-0.39, 0.29) is 5.91 Å². The van der Waals surface area contributed by atoms with Crippen LogP contribution in [-0.2, 0) is 0 Å². The second-order valence-electron chi connectivity index (χ2n) is 6.82. The monoisotopic (exact) mass is 312 g/mol. The minimum absolute atomic E-state index is 0.0461. The van der Waals surface area contributed by atoms with Gasteiger partial charge in [0.05, 0.1) is 0 Å². The smallest absolute Gasteiger partial charge is 0.289 e. The van der Waals surface area contributed by atoms with Crippen LogP contribution >= 0.6 is 0 Å². The third kappa shape index (κ3) is 2.65. The Kier molecular flexibility index (Phi) is 3.85. The molecule has 4 heteroatoms. The first-order valence-electron chi connectivity index (χ1n) is 8.75. The van der Waals surface area contributed by atoms with E-state index in [9.17, 15) is 4.79 Å². The number of hydrogen-bond donors (Lipinski definition) is 0. The maximum atomic E-state index is 12.8. The third-order valence-electron chi connectivity index (χ3n) is 5.48. The first kappa shape index (κ1) is 14.8. The van der Waals surface area contributed by atoms with Crippen molar-refractivity contribution in [3.8, 4) is 0 Å². The lowest BCUT2D eigenvalue weighted by molar-refractivity contribution is 0.0546. The predicted molar refractivity (Wildman–Crippen MR) is 90.7 cm³/mol. The largest absolute Gasteiger partial charge is 0.451 e. The topological polar surface area (TPSA) is 36.7 Å². The molecule has 2 aromatic rings. The van der Waals surface area contributed by atoms with Crippen molar-refractivity contribution < 1.29 is 9.21 Å². The molecule has 0 N–H and O–H groups in total. The minimum atomic E-state index is 0.0461. The van der Waals surface area contributed by atoms with Crippen molar-refractivity contribution in [2.24, 2.45) is 0 Å². The quantitative estimate of drug-likeness (QED) is 0.852. The van der Waals surface area contributed by atoms with Gasteiger partial charge in [0.2, 0.25) is 0 Å². The zero-order chi connectivity index (χ0) is 15.8. The standard InChI is InChI=1S/C19H24N2O2/c1-14-16-8-4-5-9-17(16)23-18(14)19(22)21-12-10-20(11-13-21)15-6-2-3-7-15/h4-5,8-9,15H,2-3,6-7,10-13H2,1H3. The van der Waals surface area contributed by atoms with Crippen molar-refractivity contribution in [2.75, 3.05) is 26.2 Å². The fraction of sp³-hybridized carbons (Fsp3) is 0.526. The lowest BCUT2D eigenvalue weighted by atomic mass is 10.1. The van der Waals surface area contributed by atoms with Crippen molar-refractivity contribution in [2.45, 2.75) is 38.6 Å². The number of carbonyl (C=O) groups excluding carboxylic acids is 1. The van der Waals surface area contributed by atoms with Crippen LogP contribution in [0.4, 0.5) is 0 Å². The van der Waals surface area contributed by atoms with Gasteiger partial charge in [-0.3, -0.25) is 9.69 Å². The lowest BCUT2D eigenvalue weighted by Crippen LogP contribution is -2.51. The van der Waals surface area contributed by atoms with Crippen LogP contribution in [0, 0.1) is 6.92 Å². The van der Waals surface area contributed by atoms with Gasteiger partial charge in [-0.1, -0.05) is 31.0 Å². The van der Waals surface area contributed by atoms with Gasteiger partial charge in [-0.05, 0) is 25.8 Å². The van der Waals surface area contributed by atoms with Gasteiger partial charge >= 0.3 is 0 Å². The van der Waals surface area contributed by atoms with E-state index in [1.807, 2.05) is 36.1 Å². The first-order valence-corrected chi connectivity index (χ1v) is 8.75. The molecule has 1 aliphatic heterocycles. The molecule has 1 aromatic carbocycles. The van der Waals surface area contributed by atoms with E-state index in [4.69, 9.17) is 4.42 Å². The molecular weight excluding hydrogens is 288 g/mol. The Balaban J connectivity index is 1.48. The van der Waals surface area contributed by atoms with E-state index in [1.165, 1.54) is 25.7 Å². The van der Waals surface area contributed by atoms with Crippen LogP contribution in [0.15, 0.2) is 28.7 Å². The van der Waals surface area contributed by atoms with E-state index < -0.39 is 0 Å². The van der Waals surface area contributed by atoms with Crippen LogP contribution in [0.2, 0.25) is 0 Å². The SMILES string of the molecule is Cc1c(C(=O)N2CCN(C3CCCC3)CC2)oc2ccccc12. The number of carbonyl (C=O) groups is 1. The van der Waals surface area contributed by atoms with Gasteiger partial charge in [0.1, 0.15) is 5.58 Å². The van der Waals surface area contributed by atoms with Crippen LogP contribution in [0.1, 0.15) is 41.8 Å². The predicted octanol–water partition coefficient (Wildman–Crippen LogP) is 3.44. The van der Waals surface area contributed by atoms with Crippen LogP contribution < -0.4 is 0 Å². The summed E-state index contributed by atoms with van der Waals surface area (Å²) in [6.07, 6.45) is 5.39. The van der Waals surface area contributed by atoms with Gasteiger partial charge in [0.15, 0.2) is 5.76 Å². The number of piperazine rings is 1. The summed E-state index contributed by atoms with van der Waals surface area (Å²) in [6, 6.07) is 8.62. The molecule has 23 heavy (non-hydrogen) atoms. The zero-order valence-corrected chi connectivity index (χ0v) is 13.8. The molecule has 1 saturated carbocycles. The van der Waals surface area contributed by atoms with Crippen molar-refractivity contribution >= 4 is 16.9 Å². The van der Waals surface area contributed by atoms with Crippen LogP contribution in [-0.4, -0.2) is 47.9 Å². The van der Waals surface area contributed by atoms with Crippen molar-refractivity contribution in [3.05, 3.63) is 35.6 Å². The second kappa shape index (κ2) is 6.00. The number of rotatable bonds is 2. The molecule has 4 rings (SSSR count). The number of aryl methyl sites for hydroxylation is 1. The molecule has 2 aliphatic rings. The molecule has 1 aromatic heterocycles. The van der Waals surface area contributed by atoms with Gasteiger partial charge in [0.25, 0.3) is 5.91 Å². The molecule has 0 spiro atoms. The van der Waals surface area contributed by atoms with E-state index in [2.05, 4.69) is 4.90 Å². The van der Waals surface area contributed by atoms with Crippen molar-refractivity contribution in [1.82, 2.24) is 9.80 Å². The highest BCUT2D eigenvalue weighted by atomic mass is 16.3.